The number of thiophene rings is 1. The van der Waals surface area contributed by atoms with Gasteiger partial charge in [-0.1, -0.05) is 59.2 Å². The van der Waals surface area contributed by atoms with Gasteiger partial charge in [0.05, 0.1) is 20.5 Å². The van der Waals surface area contributed by atoms with Crippen LogP contribution in [0, 0.1) is 0 Å². The molecule has 0 spiro atoms. The summed E-state index contributed by atoms with van der Waals surface area (Å²) >= 11 is 15.2. The normalized spacial score (nSPS) is 18.5. The zero-order chi connectivity index (χ0) is 19.3. The molecule has 0 aliphatic heterocycles. The molecule has 5 nitrogen and oxygen atoms in total. The van der Waals surface area contributed by atoms with Crippen molar-refractivity contribution in [1.82, 2.24) is 20.3 Å². The molecule has 1 amide bonds. The number of nitrogens with one attached hydrogen (secondary N) is 3. The maximum absolute atomic E-state index is 12.9. The number of hydrogen-bond donors (Lipinski definition) is 3. The van der Waals surface area contributed by atoms with Crippen molar-refractivity contribution in [3.8, 4) is 0 Å². The maximum Gasteiger partial charge on any atom is 0.268 e. The molecule has 0 unspecified atom stereocenters. The van der Waals surface area contributed by atoms with Crippen LogP contribution in [0.3, 0.4) is 0 Å². The highest BCUT2D eigenvalue weighted by Gasteiger charge is 2.35. The summed E-state index contributed by atoms with van der Waals surface area (Å²) in [5, 5.41) is 4.56. The van der Waals surface area contributed by atoms with E-state index in [0.29, 0.717) is 20.6 Å². The number of benzene rings is 1. The van der Waals surface area contributed by atoms with Crippen LogP contribution in [0.15, 0.2) is 47.9 Å². The van der Waals surface area contributed by atoms with Crippen LogP contribution in [-0.2, 0) is 6.42 Å². The topological polar surface area (TPSA) is 73.6 Å². The number of nitrogens with zero attached hydrogens (tertiary/aromatic N) is 1. The molecule has 3 aromatic heterocycles. The molecule has 3 N–H and O–H groups in total. The van der Waals surface area contributed by atoms with Crippen LogP contribution in [0.1, 0.15) is 26.9 Å². The summed E-state index contributed by atoms with van der Waals surface area (Å²) in [5.74, 6) is -0.154. The van der Waals surface area contributed by atoms with Gasteiger partial charge in [-0.3, -0.25) is 4.79 Å². The van der Waals surface area contributed by atoms with Crippen molar-refractivity contribution in [1.29, 1.82) is 0 Å². The average molecular weight is 449 g/mol. The fraction of sp³-hybridized carbons (Fsp3) is 0.158. The van der Waals surface area contributed by atoms with Crippen LogP contribution >= 0.6 is 46.3 Å². The van der Waals surface area contributed by atoms with E-state index in [4.69, 9.17) is 23.2 Å². The lowest BCUT2D eigenvalue weighted by Crippen LogP contribution is -2.37. The molecule has 1 aliphatic rings. The van der Waals surface area contributed by atoms with E-state index in [-0.39, 0.29) is 17.2 Å². The van der Waals surface area contributed by atoms with E-state index in [1.165, 1.54) is 22.5 Å². The minimum Gasteiger partial charge on any atom is -0.349 e. The van der Waals surface area contributed by atoms with Crippen molar-refractivity contribution in [3.63, 3.8) is 0 Å². The Hall–Kier alpha value is -1.93. The fourth-order valence-corrected chi connectivity index (χ4v) is 6.22. The highest BCUT2D eigenvalue weighted by Crippen LogP contribution is 2.44. The number of H-pyrrole nitrogens is 2. The number of aromatic amines is 2. The average Bonchev–Trinajstić information content (AvgIpc) is 3.44. The standard InChI is InChI=1S/C19H14Cl2N4OS2/c20-14-15-13(27-17(14)21)8-12(24-15)18(26)25-11-7-9-3-1-2-4-10(9)16(11)28-19-22-5-6-23-19/h1-6,8,11,16,24H,7H2,(H,22,23)(H,25,26)/t11-,16-/m1/s1. The summed E-state index contributed by atoms with van der Waals surface area (Å²) < 4.78 is 1.40. The number of imidazole rings is 1. The second kappa shape index (κ2) is 7.15. The number of hydrogen-bond acceptors (Lipinski definition) is 4. The molecule has 0 saturated carbocycles. The van der Waals surface area contributed by atoms with Gasteiger partial charge in [0.15, 0.2) is 5.16 Å². The number of carbonyl (C=O) groups is 1. The minimum atomic E-state index is -0.154. The third kappa shape index (κ3) is 3.12. The first-order valence-electron chi connectivity index (χ1n) is 8.61. The van der Waals surface area contributed by atoms with Crippen LogP contribution in [0.4, 0.5) is 0 Å². The van der Waals surface area contributed by atoms with Gasteiger partial charge in [0.1, 0.15) is 10.0 Å². The first-order chi connectivity index (χ1) is 13.6. The van der Waals surface area contributed by atoms with Crippen molar-refractivity contribution >= 4 is 62.4 Å². The zero-order valence-corrected chi connectivity index (χ0v) is 17.5. The molecule has 0 bridgehead atoms. The lowest BCUT2D eigenvalue weighted by molar-refractivity contribution is 0.0934. The van der Waals surface area contributed by atoms with Gasteiger partial charge in [-0.05, 0) is 23.6 Å². The number of carbonyl (C=O) groups excluding carboxylic acids is 1. The highest BCUT2D eigenvalue weighted by atomic mass is 35.5. The van der Waals surface area contributed by atoms with Crippen molar-refractivity contribution in [2.24, 2.45) is 0 Å². The third-order valence-electron chi connectivity index (χ3n) is 4.81. The molecule has 9 heteroatoms. The third-order valence-corrected chi connectivity index (χ3v) is 8.03. The minimum absolute atomic E-state index is 0.0413. The van der Waals surface area contributed by atoms with Crippen molar-refractivity contribution in [3.05, 3.63) is 68.9 Å². The predicted molar refractivity (Wildman–Crippen MR) is 115 cm³/mol. The molecular weight excluding hydrogens is 435 g/mol. The molecule has 2 atom stereocenters. The lowest BCUT2D eigenvalue weighted by Gasteiger charge is -2.20. The quantitative estimate of drug-likeness (QED) is 0.388. The van der Waals surface area contributed by atoms with E-state index >= 15 is 0 Å². The van der Waals surface area contributed by atoms with Gasteiger partial charge in [0.25, 0.3) is 5.91 Å². The summed E-state index contributed by atoms with van der Waals surface area (Å²) in [5.41, 5.74) is 3.67. The Kier molecular flexibility index (Phi) is 4.63. The molecule has 142 valence electrons. The first-order valence-corrected chi connectivity index (χ1v) is 11.1. The molecule has 1 aliphatic carbocycles. The van der Waals surface area contributed by atoms with E-state index in [0.717, 1.165) is 16.3 Å². The maximum atomic E-state index is 12.9. The Balaban J connectivity index is 1.41. The van der Waals surface area contributed by atoms with E-state index in [2.05, 4.69) is 32.4 Å². The van der Waals surface area contributed by atoms with Crippen LogP contribution in [0.25, 0.3) is 10.2 Å². The van der Waals surface area contributed by atoms with Gasteiger partial charge >= 0.3 is 0 Å². The van der Waals surface area contributed by atoms with Crippen LogP contribution < -0.4 is 5.32 Å². The molecule has 28 heavy (non-hydrogen) atoms. The Morgan fingerprint density at radius 1 is 1.32 bits per heavy atom. The summed E-state index contributed by atoms with van der Waals surface area (Å²) in [4.78, 5) is 23.5. The predicted octanol–water partition coefficient (Wildman–Crippen LogP) is 5.45. The second-order valence-electron chi connectivity index (χ2n) is 6.53. The number of rotatable bonds is 4. The Morgan fingerprint density at radius 3 is 2.96 bits per heavy atom. The molecule has 1 aromatic carbocycles. The van der Waals surface area contributed by atoms with Gasteiger partial charge in [0.2, 0.25) is 0 Å². The van der Waals surface area contributed by atoms with Crippen LogP contribution in [-0.4, -0.2) is 26.9 Å². The van der Waals surface area contributed by atoms with Crippen LogP contribution in [0.5, 0.6) is 0 Å². The van der Waals surface area contributed by atoms with E-state index in [9.17, 15) is 4.79 Å². The molecule has 4 aromatic rings. The van der Waals surface area contributed by atoms with Gasteiger partial charge < -0.3 is 15.3 Å². The number of fused-ring (bicyclic) bond motifs is 2. The fourth-order valence-electron chi connectivity index (χ4n) is 3.55. The van der Waals surface area contributed by atoms with Gasteiger partial charge in [0, 0.05) is 18.4 Å². The monoisotopic (exact) mass is 448 g/mol. The van der Waals surface area contributed by atoms with Gasteiger partial charge in [-0.2, -0.15) is 0 Å². The SMILES string of the molecule is O=C(N[C@@H]1Cc2ccccc2[C@H]1Sc1ncc[nH]1)c1cc2sc(Cl)c(Cl)c2[nH]1. The number of aromatic nitrogens is 3. The molecular formula is C19H14Cl2N4OS2. The smallest absolute Gasteiger partial charge is 0.268 e. The van der Waals surface area contributed by atoms with E-state index in [1.54, 1.807) is 30.2 Å². The molecule has 0 saturated heterocycles. The van der Waals surface area contributed by atoms with Gasteiger partial charge in [-0.25, -0.2) is 4.98 Å². The van der Waals surface area contributed by atoms with Crippen LogP contribution in [0.2, 0.25) is 9.36 Å². The molecule has 3 heterocycles. The summed E-state index contributed by atoms with van der Waals surface area (Å²) in [7, 11) is 0. The summed E-state index contributed by atoms with van der Waals surface area (Å²) in [6.45, 7) is 0. The number of thioether (sulfide) groups is 1. The summed E-state index contributed by atoms with van der Waals surface area (Å²) in [6, 6.07) is 10.0. The molecule has 0 radical (unpaired) electrons. The summed E-state index contributed by atoms with van der Waals surface area (Å²) in [6.07, 6.45) is 4.32. The van der Waals surface area contributed by atoms with Crippen molar-refractivity contribution in [2.45, 2.75) is 22.9 Å². The lowest BCUT2D eigenvalue weighted by atomic mass is 10.1. The Morgan fingerprint density at radius 2 is 2.18 bits per heavy atom. The number of amides is 1. The largest absolute Gasteiger partial charge is 0.349 e. The highest BCUT2D eigenvalue weighted by molar-refractivity contribution is 7.99. The zero-order valence-electron chi connectivity index (χ0n) is 14.3. The van der Waals surface area contributed by atoms with Crippen molar-refractivity contribution < 1.29 is 4.79 Å². The molecule has 0 fully saturated rings. The van der Waals surface area contributed by atoms with E-state index < -0.39 is 0 Å². The number of halogens is 2. The second-order valence-corrected chi connectivity index (χ2v) is 9.69. The Bertz CT molecular complexity index is 1170. The molecule has 5 rings (SSSR count). The van der Waals surface area contributed by atoms with E-state index in [1.807, 2.05) is 12.1 Å². The first kappa shape index (κ1) is 18.1. The van der Waals surface area contributed by atoms with Crippen molar-refractivity contribution in [2.75, 3.05) is 0 Å². The Labute approximate surface area is 178 Å². The van der Waals surface area contributed by atoms with Gasteiger partial charge in [-0.15, -0.1) is 11.3 Å².